The van der Waals surface area contributed by atoms with E-state index in [9.17, 15) is 12.8 Å². The van der Waals surface area contributed by atoms with Crippen molar-refractivity contribution < 1.29 is 12.8 Å². The maximum atomic E-state index is 12.8. The SMILES string of the molecule is C=C(Cl)CNS(=O)(=O)c1ccc(F)cc1C. The fraction of sp³-hybridized carbons (Fsp3) is 0.200. The highest BCUT2D eigenvalue weighted by molar-refractivity contribution is 7.89. The Morgan fingerprint density at radius 2 is 2.19 bits per heavy atom. The van der Waals surface area contributed by atoms with Crippen LogP contribution < -0.4 is 4.72 Å². The summed E-state index contributed by atoms with van der Waals surface area (Å²) in [5.74, 6) is -0.474. The summed E-state index contributed by atoms with van der Waals surface area (Å²) >= 11 is 5.45. The van der Waals surface area contributed by atoms with Gasteiger partial charge in [-0.2, -0.15) is 0 Å². The van der Waals surface area contributed by atoms with Crippen LogP contribution in [0, 0.1) is 12.7 Å². The van der Waals surface area contributed by atoms with E-state index in [4.69, 9.17) is 11.6 Å². The molecule has 1 N–H and O–H groups in total. The summed E-state index contributed by atoms with van der Waals surface area (Å²) in [6.45, 7) is 4.83. The second-order valence-electron chi connectivity index (χ2n) is 3.25. The quantitative estimate of drug-likeness (QED) is 0.905. The Morgan fingerprint density at radius 3 is 2.69 bits per heavy atom. The molecule has 3 nitrogen and oxygen atoms in total. The lowest BCUT2D eigenvalue weighted by Gasteiger charge is -2.08. The number of aryl methyl sites for hydroxylation is 1. The summed E-state index contributed by atoms with van der Waals surface area (Å²) in [6.07, 6.45) is 0. The van der Waals surface area contributed by atoms with Gasteiger partial charge in [0, 0.05) is 11.6 Å². The molecular formula is C10H11ClFNO2S. The Morgan fingerprint density at radius 1 is 1.56 bits per heavy atom. The minimum atomic E-state index is -3.66. The Balaban J connectivity index is 3.03. The van der Waals surface area contributed by atoms with Crippen LogP contribution in [0.3, 0.4) is 0 Å². The summed E-state index contributed by atoms with van der Waals surface area (Å²) in [5.41, 5.74) is 0.340. The Bertz CT molecular complexity index is 514. The molecule has 0 atom stereocenters. The molecule has 0 radical (unpaired) electrons. The van der Waals surface area contributed by atoms with Crippen molar-refractivity contribution >= 4 is 21.6 Å². The number of hydrogen-bond donors (Lipinski definition) is 1. The number of sulfonamides is 1. The molecular weight excluding hydrogens is 253 g/mol. The molecule has 1 rings (SSSR count). The molecule has 0 saturated heterocycles. The first kappa shape index (κ1) is 13.2. The van der Waals surface area contributed by atoms with Crippen molar-refractivity contribution in [1.82, 2.24) is 4.72 Å². The third kappa shape index (κ3) is 3.30. The second kappa shape index (κ2) is 4.95. The molecule has 88 valence electrons. The molecule has 0 unspecified atom stereocenters. The van der Waals surface area contributed by atoms with Gasteiger partial charge in [0.25, 0.3) is 0 Å². The topological polar surface area (TPSA) is 46.2 Å². The van der Waals surface area contributed by atoms with Crippen molar-refractivity contribution in [3.05, 3.63) is 41.2 Å². The lowest BCUT2D eigenvalue weighted by molar-refractivity contribution is 0.583. The maximum absolute atomic E-state index is 12.8. The van der Waals surface area contributed by atoms with Crippen molar-refractivity contribution in [2.75, 3.05) is 6.54 Å². The van der Waals surface area contributed by atoms with Crippen molar-refractivity contribution in [3.8, 4) is 0 Å². The van der Waals surface area contributed by atoms with Crippen molar-refractivity contribution in [2.24, 2.45) is 0 Å². The van der Waals surface area contributed by atoms with E-state index in [0.29, 0.717) is 5.56 Å². The van der Waals surface area contributed by atoms with Gasteiger partial charge < -0.3 is 0 Å². The minimum Gasteiger partial charge on any atom is -0.207 e. The zero-order chi connectivity index (χ0) is 12.3. The van der Waals surface area contributed by atoms with Gasteiger partial charge in [0.2, 0.25) is 10.0 Å². The average molecular weight is 264 g/mol. The summed E-state index contributed by atoms with van der Waals surface area (Å²) in [5, 5.41) is 0.184. The van der Waals surface area contributed by atoms with E-state index in [2.05, 4.69) is 11.3 Å². The van der Waals surface area contributed by atoms with Crippen molar-refractivity contribution in [2.45, 2.75) is 11.8 Å². The van der Waals surface area contributed by atoms with E-state index in [1.165, 1.54) is 13.0 Å². The molecule has 0 amide bonds. The van der Waals surface area contributed by atoms with E-state index < -0.39 is 15.8 Å². The van der Waals surface area contributed by atoms with Gasteiger partial charge in [-0.3, -0.25) is 0 Å². The molecule has 16 heavy (non-hydrogen) atoms. The number of halogens is 2. The molecule has 0 heterocycles. The van der Waals surface area contributed by atoms with Gasteiger partial charge in [0.1, 0.15) is 5.82 Å². The zero-order valence-electron chi connectivity index (χ0n) is 8.63. The molecule has 1 aromatic carbocycles. The zero-order valence-corrected chi connectivity index (χ0v) is 10.2. The third-order valence-corrected chi connectivity index (χ3v) is 3.58. The summed E-state index contributed by atoms with van der Waals surface area (Å²) in [4.78, 5) is 0.0341. The van der Waals surface area contributed by atoms with Crippen LogP contribution in [0.15, 0.2) is 34.7 Å². The van der Waals surface area contributed by atoms with Crippen LogP contribution in [0.25, 0.3) is 0 Å². The lowest BCUT2D eigenvalue weighted by Crippen LogP contribution is -2.25. The van der Waals surface area contributed by atoms with Gasteiger partial charge in [-0.25, -0.2) is 17.5 Å². The van der Waals surface area contributed by atoms with E-state index in [-0.39, 0.29) is 16.5 Å². The van der Waals surface area contributed by atoms with E-state index in [0.717, 1.165) is 12.1 Å². The molecule has 1 aromatic rings. The van der Waals surface area contributed by atoms with Crippen LogP contribution in [0.4, 0.5) is 4.39 Å². The largest absolute Gasteiger partial charge is 0.241 e. The van der Waals surface area contributed by atoms with Gasteiger partial charge in [0.15, 0.2) is 0 Å². The average Bonchev–Trinajstić information content (AvgIpc) is 2.14. The van der Waals surface area contributed by atoms with Crippen LogP contribution >= 0.6 is 11.6 Å². The third-order valence-electron chi connectivity index (χ3n) is 1.88. The van der Waals surface area contributed by atoms with Crippen LogP contribution in [0.2, 0.25) is 0 Å². The number of hydrogen-bond acceptors (Lipinski definition) is 2. The fourth-order valence-corrected chi connectivity index (χ4v) is 2.56. The maximum Gasteiger partial charge on any atom is 0.241 e. The van der Waals surface area contributed by atoms with Crippen LogP contribution in [0.1, 0.15) is 5.56 Å². The highest BCUT2D eigenvalue weighted by Crippen LogP contribution is 2.16. The normalized spacial score (nSPS) is 11.4. The standard InChI is InChI=1S/C10H11ClFNO2S/c1-7-5-9(12)3-4-10(7)16(14,15)13-6-8(2)11/h3-5,13H,2,6H2,1H3. The van der Waals surface area contributed by atoms with Crippen LogP contribution in [-0.2, 0) is 10.0 Å². The Labute approximate surface area is 99.0 Å². The first-order valence-corrected chi connectivity index (χ1v) is 6.28. The van der Waals surface area contributed by atoms with Gasteiger partial charge in [-0.1, -0.05) is 18.2 Å². The molecule has 0 spiro atoms. The first-order chi connectivity index (χ1) is 7.33. The molecule has 0 aromatic heterocycles. The summed E-state index contributed by atoms with van der Waals surface area (Å²) in [6, 6.07) is 3.46. The predicted octanol–water partition coefficient (Wildman–Crippen LogP) is 2.16. The van der Waals surface area contributed by atoms with Gasteiger partial charge >= 0.3 is 0 Å². The Hall–Kier alpha value is -0.910. The van der Waals surface area contributed by atoms with Crippen molar-refractivity contribution in [3.63, 3.8) is 0 Å². The summed E-state index contributed by atoms with van der Waals surface area (Å²) in [7, 11) is -3.66. The van der Waals surface area contributed by atoms with Gasteiger partial charge in [-0.05, 0) is 30.7 Å². The molecule has 0 bridgehead atoms. The van der Waals surface area contributed by atoms with E-state index in [1.807, 2.05) is 0 Å². The number of rotatable bonds is 4. The van der Waals surface area contributed by atoms with Crippen LogP contribution in [-0.4, -0.2) is 15.0 Å². The minimum absolute atomic E-state index is 0.0341. The molecule has 0 fully saturated rings. The fourth-order valence-electron chi connectivity index (χ4n) is 1.17. The Kier molecular flexibility index (Phi) is 4.07. The smallest absolute Gasteiger partial charge is 0.207 e. The predicted molar refractivity (Wildman–Crippen MR) is 61.3 cm³/mol. The second-order valence-corrected chi connectivity index (χ2v) is 5.52. The highest BCUT2D eigenvalue weighted by Gasteiger charge is 2.16. The monoisotopic (exact) mass is 263 g/mol. The highest BCUT2D eigenvalue weighted by atomic mass is 35.5. The first-order valence-electron chi connectivity index (χ1n) is 4.42. The molecule has 6 heteroatoms. The van der Waals surface area contributed by atoms with Gasteiger partial charge in [-0.15, -0.1) is 0 Å². The molecule has 0 saturated carbocycles. The van der Waals surface area contributed by atoms with E-state index in [1.54, 1.807) is 0 Å². The van der Waals surface area contributed by atoms with Crippen LogP contribution in [0.5, 0.6) is 0 Å². The molecule has 0 aliphatic rings. The summed E-state index contributed by atoms with van der Waals surface area (Å²) < 4.78 is 38.5. The molecule has 0 aliphatic heterocycles. The lowest BCUT2D eigenvalue weighted by atomic mass is 10.2. The number of nitrogens with one attached hydrogen (secondary N) is 1. The van der Waals surface area contributed by atoms with E-state index >= 15 is 0 Å². The van der Waals surface area contributed by atoms with Gasteiger partial charge in [0.05, 0.1) is 4.90 Å². The molecule has 0 aliphatic carbocycles. The number of benzene rings is 1. The van der Waals surface area contributed by atoms with Crippen molar-refractivity contribution in [1.29, 1.82) is 0 Å².